The van der Waals surface area contributed by atoms with E-state index >= 15 is 0 Å². The fourth-order valence-corrected chi connectivity index (χ4v) is 2.91. The number of ether oxygens (including phenoxy) is 2. The number of anilines is 2. The minimum Gasteiger partial charge on any atom is -0.451 e. The summed E-state index contributed by atoms with van der Waals surface area (Å²) < 4.78 is 200. The third-order valence-electron chi connectivity index (χ3n) is 4.61. The van der Waals surface area contributed by atoms with Crippen LogP contribution >= 0.6 is 0 Å². The highest BCUT2D eigenvalue weighted by atomic mass is 19.4. The SMILES string of the molecule is Nc1c(F)c(F)c(F)c(Oc2cc(Oc3c(F)c(N)c(F)c(F)c3F)c(C(F)(F)F)c(C(F)(F)F)c2)c1F. The van der Waals surface area contributed by atoms with Crippen molar-refractivity contribution in [2.45, 2.75) is 12.4 Å². The summed E-state index contributed by atoms with van der Waals surface area (Å²) in [5, 5.41) is 0. The second-order valence-electron chi connectivity index (χ2n) is 7.04. The summed E-state index contributed by atoms with van der Waals surface area (Å²) in [5.74, 6) is -27.8. The van der Waals surface area contributed by atoms with Crippen LogP contribution in [0.4, 0.5) is 72.8 Å². The molecule has 0 atom stereocenters. The first-order chi connectivity index (χ1) is 17.3. The molecule has 0 spiro atoms. The Morgan fingerprint density at radius 1 is 0.500 bits per heavy atom. The van der Waals surface area contributed by atoms with Gasteiger partial charge in [-0.3, -0.25) is 0 Å². The molecule has 0 bridgehead atoms. The molecule has 0 aliphatic rings. The lowest BCUT2D eigenvalue weighted by atomic mass is 10.0. The smallest absolute Gasteiger partial charge is 0.420 e. The largest absolute Gasteiger partial charge is 0.451 e. The molecule has 0 fully saturated rings. The normalized spacial score (nSPS) is 12.2. The molecule has 3 aromatic rings. The Balaban J connectivity index is 2.36. The zero-order valence-electron chi connectivity index (χ0n) is 17.4. The lowest BCUT2D eigenvalue weighted by Crippen LogP contribution is -2.18. The van der Waals surface area contributed by atoms with E-state index < -0.39 is 110 Å². The van der Waals surface area contributed by atoms with Gasteiger partial charge in [0.25, 0.3) is 0 Å². The van der Waals surface area contributed by atoms with Crippen LogP contribution in [-0.2, 0) is 12.4 Å². The number of benzene rings is 3. The molecule has 0 heterocycles. The van der Waals surface area contributed by atoms with Crippen LogP contribution in [0.1, 0.15) is 11.1 Å². The van der Waals surface area contributed by atoms with E-state index in [9.17, 15) is 61.5 Å². The van der Waals surface area contributed by atoms with Gasteiger partial charge in [0, 0.05) is 6.07 Å². The Labute approximate surface area is 199 Å². The summed E-state index contributed by atoms with van der Waals surface area (Å²) in [6, 6.07) is -0.830. The van der Waals surface area contributed by atoms with Gasteiger partial charge in [-0.05, 0) is 6.07 Å². The van der Waals surface area contributed by atoms with Crippen molar-refractivity contribution in [3.05, 3.63) is 69.8 Å². The van der Waals surface area contributed by atoms with Crippen molar-refractivity contribution in [1.29, 1.82) is 0 Å². The van der Waals surface area contributed by atoms with Crippen molar-refractivity contribution in [2.24, 2.45) is 0 Å². The summed E-state index contributed by atoms with van der Waals surface area (Å²) in [6.07, 6.45) is -12.1. The third-order valence-corrected chi connectivity index (χ3v) is 4.61. The van der Waals surface area contributed by atoms with Crippen molar-refractivity contribution >= 4 is 11.4 Å². The number of rotatable bonds is 4. The van der Waals surface area contributed by atoms with E-state index in [1.165, 1.54) is 0 Å². The number of nitrogens with two attached hydrogens (primary N) is 2. The Bertz CT molecular complexity index is 1390. The minimum atomic E-state index is -6.06. The highest BCUT2D eigenvalue weighted by Gasteiger charge is 2.47. The fourth-order valence-electron chi connectivity index (χ4n) is 2.91. The first-order valence-corrected chi connectivity index (χ1v) is 9.19. The predicted molar refractivity (Wildman–Crippen MR) is 98.0 cm³/mol. The molecule has 206 valence electrons. The highest BCUT2D eigenvalue weighted by Crippen LogP contribution is 2.49. The Morgan fingerprint density at radius 3 is 1.32 bits per heavy atom. The van der Waals surface area contributed by atoms with Crippen LogP contribution in [0.3, 0.4) is 0 Å². The Kier molecular flexibility index (Phi) is 6.98. The van der Waals surface area contributed by atoms with E-state index in [4.69, 9.17) is 11.5 Å². The molecular weight excluding hydrogens is 566 g/mol. The van der Waals surface area contributed by atoms with Crippen LogP contribution in [0.5, 0.6) is 23.0 Å². The van der Waals surface area contributed by atoms with Gasteiger partial charge in [-0.2, -0.15) is 35.1 Å². The van der Waals surface area contributed by atoms with Gasteiger partial charge >= 0.3 is 12.4 Å². The summed E-state index contributed by atoms with van der Waals surface area (Å²) >= 11 is 0. The van der Waals surface area contributed by atoms with E-state index in [1.807, 2.05) is 0 Å². The molecule has 0 saturated heterocycles. The van der Waals surface area contributed by atoms with E-state index in [2.05, 4.69) is 9.47 Å². The highest BCUT2D eigenvalue weighted by molar-refractivity contribution is 5.56. The van der Waals surface area contributed by atoms with Gasteiger partial charge in [0.15, 0.2) is 23.3 Å². The van der Waals surface area contributed by atoms with Crippen LogP contribution in [0, 0.1) is 46.5 Å². The van der Waals surface area contributed by atoms with Crippen LogP contribution < -0.4 is 20.9 Å². The van der Waals surface area contributed by atoms with Gasteiger partial charge in [-0.1, -0.05) is 0 Å². The van der Waals surface area contributed by atoms with Crippen molar-refractivity contribution < 1.29 is 70.9 Å². The molecule has 4 nitrogen and oxygen atoms in total. The average molecular weight is 572 g/mol. The zero-order valence-corrected chi connectivity index (χ0v) is 17.4. The number of nitrogen functional groups attached to an aromatic ring is 2. The van der Waals surface area contributed by atoms with Crippen LogP contribution in [0.15, 0.2) is 12.1 Å². The first-order valence-electron chi connectivity index (χ1n) is 9.19. The first kappa shape index (κ1) is 28.5. The number of halogens is 14. The van der Waals surface area contributed by atoms with Crippen LogP contribution in [0.2, 0.25) is 0 Å². The van der Waals surface area contributed by atoms with Gasteiger partial charge in [0.1, 0.15) is 28.4 Å². The van der Waals surface area contributed by atoms with Crippen LogP contribution in [-0.4, -0.2) is 0 Å². The van der Waals surface area contributed by atoms with Gasteiger partial charge in [0.05, 0.1) is 5.56 Å². The zero-order chi connectivity index (χ0) is 29.1. The molecule has 0 aliphatic heterocycles. The molecular formula is C20H6F14N2O2. The topological polar surface area (TPSA) is 70.5 Å². The molecule has 0 saturated carbocycles. The fraction of sp³-hybridized carbons (Fsp3) is 0.100. The predicted octanol–water partition coefficient (Wildman–Crippen LogP) is 7.59. The van der Waals surface area contributed by atoms with E-state index in [-0.39, 0.29) is 6.07 Å². The molecule has 0 aromatic heterocycles. The quantitative estimate of drug-likeness (QED) is 0.146. The number of hydrogen-bond acceptors (Lipinski definition) is 4. The summed E-state index contributed by atoms with van der Waals surface area (Å²) in [5.41, 5.74) is 0.463. The van der Waals surface area contributed by atoms with Crippen molar-refractivity contribution in [3.63, 3.8) is 0 Å². The van der Waals surface area contributed by atoms with Crippen molar-refractivity contribution in [3.8, 4) is 23.0 Å². The van der Waals surface area contributed by atoms with Gasteiger partial charge in [0.2, 0.25) is 34.8 Å². The molecule has 0 aliphatic carbocycles. The van der Waals surface area contributed by atoms with Crippen LogP contribution in [0.25, 0.3) is 0 Å². The Morgan fingerprint density at radius 2 is 0.921 bits per heavy atom. The molecule has 4 N–H and O–H groups in total. The number of alkyl halides is 6. The molecule has 0 radical (unpaired) electrons. The van der Waals surface area contributed by atoms with Gasteiger partial charge < -0.3 is 20.9 Å². The average Bonchev–Trinajstić information content (AvgIpc) is 2.82. The van der Waals surface area contributed by atoms with E-state index in [1.54, 1.807) is 0 Å². The molecule has 0 amide bonds. The monoisotopic (exact) mass is 572 g/mol. The molecule has 18 heteroatoms. The van der Waals surface area contributed by atoms with E-state index in [0.29, 0.717) is 0 Å². The maximum absolute atomic E-state index is 14.2. The second kappa shape index (κ2) is 9.32. The lowest BCUT2D eigenvalue weighted by Gasteiger charge is -2.21. The lowest BCUT2D eigenvalue weighted by molar-refractivity contribution is -0.162. The summed E-state index contributed by atoms with van der Waals surface area (Å²) in [7, 11) is 0. The minimum absolute atomic E-state index is 0.287. The standard InChI is InChI=1S/C20H6F14N2O2/c21-7-9(23)15(35)13(27)17(11(7)25)37-3-1-4(19(29,30)31)6(20(32,33)34)5(2-3)38-18-12(26)8(22)10(24)16(36)14(18)28/h1-2H,35-36H2. The molecule has 0 unspecified atom stereocenters. The maximum Gasteiger partial charge on any atom is 0.420 e. The molecule has 3 rings (SSSR count). The van der Waals surface area contributed by atoms with Crippen molar-refractivity contribution in [1.82, 2.24) is 0 Å². The second-order valence-corrected chi connectivity index (χ2v) is 7.04. The summed E-state index contributed by atoms with van der Waals surface area (Å²) in [6.45, 7) is 0. The van der Waals surface area contributed by atoms with E-state index in [0.717, 1.165) is 0 Å². The number of hydrogen-bond donors (Lipinski definition) is 2. The van der Waals surface area contributed by atoms with Gasteiger partial charge in [-0.25, -0.2) is 26.3 Å². The molecule has 3 aromatic carbocycles. The maximum atomic E-state index is 14.2. The third kappa shape index (κ3) is 4.76. The molecule has 38 heavy (non-hydrogen) atoms. The summed E-state index contributed by atoms with van der Waals surface area (Å²) in [4.78, 5) is 0. The van der Waals surface area contributed by atoms with Crippen molar-refractivity contribution in [2.75, 3.05) is 11.5 Å². The van der Waals surface area contributed by atoms with Gasteiger partial charge in [-0.15, -0.1) is 0 Å². The Hall–Kier alpha value is -4.12.